The SMILES string of the molecule is O=C(/C=C/c1ccc(-c2ccc(O)c(C(=O)O)c2)o1)NCCC(=O)Nc1nc(-c2ccccc2)ns1. The van der Waals surface area contributed by atoms with Gasteiger partial charge in [0.15, 0.2) is 5.82 Å². The zero-order valence-corrected chi connectivity index (χ0v) is 19.5. The molecule has 4 rings (SSSR count). The van der Waals surface area contributed by atoms with E-state index in [2.05, 4.69) is 20.0 Å². The summed E-state index contributed by atoms with van der Waals surface area (Å²) in [6.45, 7) is 0.119. The number of furan rings is 1. The Morgan fingerprint density at radius 2 is 1.83 bits per heavy atom. The van der Waals surface area contributed by atoms with Crippen molar-refractivity contribution in [2.45, 2.75) is 6.42 Å². The molecule has 0 radical (unpaired) electrons. The second-order valence-corrected chi connectivity index (χ2v) is 8.20. The van der Waals surface area contributed by atoms with E-state index < -0.39 is 11.9 Å². The summed E-state index contributed by atoms with van der Waals surface area (Å²) < 4.78 is 9.85. The quantitative estimate of drug-likeness (QED) is 0.249. The van der Waals surface area contributed by atoms with Gasteiger partial charge in [-0.3, -0.25) is 9.59 Å². The molecule has 0 spiro atoms. The minimum atomic E-state index is -1.26. The van der Waals surface area contributed by atoms with Crippen LogP contribution in [-0.2, 0) is 9.59 Å². The first-order chi connectivity index (χ1) is 17.4. The van der Waals surface area contributed by atoms with E-state index in [-0.39, 0.29) is 30.2 Å². The lowest BCUT2D eigenvalue weighted by Gasteiger charge is -2.02. The number of carboxylic acids is 1. The predicted molar refractivity (Wildman–Crippen MR) is 133 cm³/mol. The van der Waals surface area contributed by atoms with E-state index in [1.807, 2.05) is 30.3 Å². The van der Waals surface area contributed by atoms with Crippen molar-refractivity contribution in [1.82, 2.24) is 14.7 Å². The van der Waals surface area contributed by atoms with Gasteiger partial charge in [-0.1, -0.05) is 30.3 Å². The molecule has 182 valence electrons. The monoisotopic (exact) mass is 504 g/mol. The Morgan fingerprint density at radius 1 is 1.03 bits per heavy atom. The number of amides is 2. The molecule has 0 bridgehead atoms. The van der Waals surface area contributed by atoms with Crippen LogP contribution in [0.1, 0.15) is 22.5 Å². The number of nitrogens with one attached hydrogen (secondary N) is 2. The van der Waals surface area contributed by atoms with Gasteiger partial charge in [0.1, 0.15) is 22.8 Å². The smallest absolute Gasteiger partial charge is 0.339 e. The molecular weight excluding hydrogens is 484 g/mol. The van der Waals surface area contributed by atoms with Gasteiger partial charge in [-0.05, 0) is 36.4 Å². The first-order valence-electron chi connectivity index (χ1n) is 10.7. The van der Waals surface area contributed by atoms with E-state index in [1.54, 1.807) is 12.1 Å². The number of anilines is 1. The van der Waals surface area contributed by atoms with Crippen LogP contribution in [0.25, 0.3) is 28.8 Å². The molecule has 36 heavy (non-hydrogen) atoms. The maximum atomic E-state index is 12.1. The number of carbonyl (C=O) groups excluding carboxylic acids is 2. The van der Waals surface area contributed by atoms with Crippen LogP contribution in [0.4, 0.5) is 5.13 Å². The fourth-order valence-corrected chi connectivity index (χ4v) is 3.74. The van der Waals surface area contributed by atoms with E-state index >= 15 is 0 Å². The number of aromatic hydroxyl groups is 1. The minimum absolute atomic E-state index is 0.0531. The summed E-state index contributed by atoms with van der Waals surface area (Å²) in [5.41, 5.74) is 1.07. The van der Waals surface area contributed by atoms with Gasteiger partial charge in [0.05, 0.1) is 0 Å². The number of hydrogen-bond acceptors (Lipinski definition) is 8. The summed E-state index contributed by atoms with van der Waals surface area (Å²) in [5, 5.41) is 24.4. The molecular formula is C25H20N4O6S. The van der Waals surface area contributed by atoms with Crippen molar-refractivity contribution in [3.05, 3.63) is 78.1 Å². The number of hydrogen-bond donors (Lipinski definition) is 4. The molecule has 11 heteroatoms. The van der Waals surface area contributed by atoms with Gasteiger partial charge in [-0.2, -0.15) is 9.36 Å². The van der Waals surface area contributed by atoms with Crippen molar-refractivity contribution in [3.8, 4) is 28.5 Å². The lowest BCUT2D eigenvalue weighted by molar-refractivity contribution is -0.117. The highest BCUT2D eigenvalue weighted by atomic mass is 32.1. The largest absolute Gasteiger partial charge is 0.507 e. The Kier molecular flexibility index (Phi) is 7.51. The maximum Gasteiger partial charge on any atom is 0.339 e. The average Bonchev–Trinajstić information content (AvgIpc) is 3.53. The van der Waals surface area contributed by atoms with Crippen LogP contribution >= 0.6 is 11.5 Å². The highest BCUT2D eigenvalue weighted by Crippen LogP contribution is 2.28. The molecule has 10 nitrogen and oxygen atoms in total. The Bertz CT molecular complexity index is 1430. The number of benzene rings is 2. The second kappa shape index (κ2) is 11.1. The van der Waals surface area contributed by atoms with Gasteiger partial charge in [-0.25, -0.2) is 4.79 Å². The van der Waals surface area contributed by atoms with Crippen molar-refractivity contribution in [3.63, 3.8) is 0 Å². The van der Waals surface area contributed by atoms with Crippen LogP contribution in [0.5, 0.6) is 5.75 Å². The third kappa shape index (κ3) is 6.21. The molecule has 0 aliphatic rings. The van der Waals surface area contributed by atoms with Crippen LogP contribution in [0.15, 0.2) is 71.2 Å². The summed E-state index contributed by atoms with van der Waals surface area (Å²) in [6.07, 6.45) is 2.76. The zero-order chi connectivity index (χ0) is 25.5. The maximum absolute atomic E-state index is 12.1. The van der Waals surface area contributed by atoms with Gasteiger partial charge in [0, 0.05) is 41.7 Å². The van der Waals surface area contributed by atoms with Gasteiger partial charge >= 0.3 is 5.97 Å². The molecule has 0 unspecified atom stereocenters. The standard InChI is InChI=1S/C25H20N4O6S/c30-19-9-6-16(14-18(19)24(33)34)20-10-7-17(35-20)8-11-21(31)26-13-12-22(32)27-25-28-23(29-36-25)15-4-2-1-3-5-15/h1-11,14,30H,12-13H2,(H,26,31)(H,33,34)(H,27,28,29,32)/b11-8+. The van der Waals surface area contributed by atoms with Gasteiger partial charge in [-0.15, -0.1) is 0 Å². The fraction of sp³-hybridized carbons (Fsp3) is 0.0800. The molecule has 2 aromatic carbocycles. The normalized spacial score (nSPS) is 10.9. The highest BCUT2D eigenvalue weighted by Gasteiger charge is 2.13. The Balaban J connectivity index is 1.24. The van der Waals surface area contributed by atoms with E-state index in [0.717, 1.165) is 17.1 Å². The van der Waals surface area contributed by atoms with Crippen molar-refractivity contribution in [1.29, 1.82) is 0 Å². The predicted octanol–water partition coefficient (Wildman–Crippen LogP) is 4.03. The Labute approximate surface area is 209 Å². The Morgan fingerprint density at radius 3 is 2.61 bits per heavy atom. The van der Waals surface area contributed by atoms with Crippen LogP contribution in [0.3, 0.4) is 0 Å². The lowest BCUT2D eigenvalue weighted by Crippen LogP contribution is -2.26. The third-order valence-electron chi connectivity index (χ3n) is 4.89. The number of carboxylic acid groups (broad SMARTS) is 1. The summed E-state index contributed by atoms with van der Waals surface area (Å²) in [6, 6.07) is 16.7. The van der Waals surface area contributed by atoms with Crippen molar-refractivity contribution in [2.75, 3.05) is 11.9 Å². The van der Waals surface area contributed by atoms with Gasteiger partial charge in [0.2, 0.25) is 16.9 Å². The molecule has 2 aromatic heterocycles. The third-order valence-corrected chi connectivity index (χ3v) is 5.52. The van der Waals surface area contributed by atoms with E-state index in [9.17, 15) is 19.5 Å². The molecule has 0 saturated heterocycles. The molecule has 4 aromatic rings. The molecule has 0 fully saturated rings. The second-order valence-electron chi connectivity index (χ2n) is 7.45. The van der Waals surface area contributed by atoms with E-state index in [0.29, 0.717) is 28.0 Å². The minimum Gasteiger partial charge on any atom is -0.507 e. The van der Waals surface area contributed by atoms with Crippen LogP contribution in [0.2, 0.25) is 0 Å². The first-order valence-corrected chi connectivity index (χ1v) is 11.5. The molecule has 0 aliphatic carbocycles. The molecule has 4 N–H and O–H groups in total. The number of aromatic nitrogens is 2. The van der Waals surface area contributed by atoms with Crippen molar-refractivity contribution >= 4 is 40.5 Å². The lowest BCUT2D eigenvalue weighted by atomic mass is 10.1. The zero-order valence-electron chi connectivity index (χ0n) is 18.7. The first kappa shape index (κ1) is 24.4. The van der Waals surface area contributed by atoms with Gasteiger partial charge in [0.25, 0.3) is 0 Å². The van der Waals surface area contributed by atoms with Crippen LogP contribution < -0.4 is 10.6 Å². The van der Waals surface area contributed by atoms with Crippen molar-refractivity contribution in [2.24, 2.45) is 0 Å². The summed E-state index contributed by atoms with van der Waals surface area (Å²) in [7, 11) is 0. The molecule has 0 aliphatic heterocycles. The fourth-order valence-electron chi connectivity index (χ4n) is 3.13. The topological polar surface area (TPSA) is 155 Å². The molecule has 0 atom stereocenters. The van der Waals surface area contributed by atoms with E-state index in [4.69, 9.17) is 9.52 Å². The number of aromatic carboxylic acids is 1. The Hall–Kier alpha value is -4.77. The van der Waals surface area contributed by atoms with E-state index in [1.165, 1.54) is 30.4 Å². The molecule has 0 saturated carbocycles. The average molecular weight is 505 g/mol. The van der Waals surface area contributed by atoms with Crippen LogP contribution in [0, 0.1) is 0 Å². The van der Waals surface area contributed by atoms with Gasteiger partial charge < -0.3 is 25.3 Å². The molecule has 2 heterocycles. The number of rotatable bonds is 9. The summed E-state index contributed by atoms with van der Waals surface area (Å²) >= 11 is 1.08. The molecule has 2 amide bonds. The summed E-state index contributed by atoms with van der Waals surface area (Å²) in [4.78, 5) is 39.7. The number of carbonyl (C=O) groups is 3. The number of phenols is 1. The number of nitrogens with zero attached hydrogens (tertiary/aromatic N) is 2. The highest BCUT2D eigenvalue weighted by molar-refractivity contribution is 7.10. The van der Waals surface area contributed by atoms with Crippen LogP contribution in [-0.4, -0.2) is 43.9 Å². The summed E-state index contributed by atoms with van der Waals surface area (Å²) in [5.74, 6) is -1.05. The van der Waals surface area contributed by atoms with Crippen molar-refractivity contribution < 1.29 is 29.0 Å².